The predicted octanol–water partition coefficient (Wildman–Crippen LogP) is 2.77. The number of halogens is 1. The van der Waals surface area contributed by atoms with Crippen LogP contribution in [-0.2, 0) is 14.8 Å². The summed E-state index contributed by atoms with van der Waals surface area (Å²) in [4.78, 5) is 14.3. The van der Waals surface area contributed by atoms with Crippen molar-refractivity contribution in [3.05, 3.63) is 71.4 Å². The first-order valence-corrected chi connectivity index (χ1v) is 10.9. The van der Waals surface area contributed by atoms with Gasteiger partial charge in [-0.2, -0.15) is 4.31 Å². The number of piperazine rings is 1. The second kappa shape index (κ2) is 9.30. The number of carbonyl (C=O) groups is 1. The average Bonchev–Trinajstić information content (AvgIpc) is 2.74. The van der Waals surface area contributed by atoms with Gasteiger partial charge in [0.25, 0.3) is 0 Å². The Morgan fingerprint density at radius 1 is 1.03 bits per heavy atom. The molecule has 6 nitrogen and oxygen atoms in total. The first kappa shape index (κ1) is 21.2. The lowest BCUT2D eigenvalue weighted by Gasteiger charge is -2.36. The van der Waals surface area contributed by atoms with Crippen molar-refractivity contribution in [1.29, 1.82) is 0 Å². The molecule has 1 saturated heterocycles. The molecule has 154 valence electrons. The fraction of sp³-hybridized carbons (Fsp3) is 0.286. The highest BCUT2D eigenvalue weighted by Crippen LogP contribution is 2.16. The fourth-order valence-electron chi connectivity index (χ4n) is 3.13. The standard InChI is InChI=1S/C21H24FN3O3S/c1-17(21(26)23-20-10-6-5-9-19(20)22)24-12-14-25(15-13-24)29(27,28)16-11-18-7-3-2-4-8-18/h2-11,16-17H,12-15H2,1H3,(H,23,26)/b16-11+/t17-/m1/s1. The van der Waals surface area contributed by atoms with Crippen LogP contribution < -0.4 is 5.32 Å². The van der Waals surface area contributed by atoms with E-state index in [4.69, 9.17) is 0 Å². The number of rotatable bonds is 6. The summed E-state index contributed by atoms with van der Waals surface area (Å²) in [6, 6.07) is 14.7. The Bertz CT molecular complexity index is 972. The quantitative estimate of drug-likeness (QED) is 0.785. The number of nitrogens with zero attached hydrogens (tertiary/aromatic N) is 2. The second-order valence-electron chi connectivity index (χ2n) is 6.84. The third kappa shape index (κ3) is 5.50. The van der Waals surface area contributed by atoms with Crippen LogP contribution in [0.3, 0.4) is 0 Å². The summed E-state index contributed by atoms with van der Waals surface area (Å²) in [5, 5.41) is 3.80. The monoisotopic (exact) mass is 417 g/mol. The summed E-state index contributed by atoms with van der Waals surface area (Å²) in [5.41, 5.74) is 0.949. The van der Waals surface area contributed by atoms with Gasteiger partial charge in [-0.25, -0.2) is 12.8 Å². The van der Waals surface area contributed by atoms with E-state index in [1.54, 1.807) is 25.1 Å². The maximum absolute atomic E-state index is 13.7. The van der Waals surface area contributed by atoms with E-state index in [0.717, 1.165) is 5.56 Å². The molecule has 3 rings (SSSR count). The molecule has 29 heavy (non-hydrogen) atoms. The van der Waals surface area contributed by atoms with Crippen LogP contribution >= 0.6 is 0 Å². The minimum Gasteiger partial charge on any atom is -0.322 e. The van der Waals surface area contributed by atoms with E-state index in [1.807, 2.05) is 35.2 Å². The first-order valence-electron chi connectivity index (χ1n) is 9.39. The second-order valence-corrected chi connectivity index (χ2v) is 8.66. The van der Waals surface area contributed by atoms with Gasteiger partial charge in [0.1, 0.15) is 5.82 Å². The number of carbonyl (C=O) groups excluding carboxylic acids is 1. The maximum Gasteiger partial charge on any atom is 0.241 e. The number of hydrogen-bond donors (Lipinski definition) is 1. The highest BCUT2D eigenvalue weighted by atomic mass is 32.2. The molecular formula is C21H24FN3O3S. The summed E-state index contributed by atoms with van der Waals surface area (Å²) < 4.78 is 40.2. The van der Waals surface area contributed by atoms with Gasteiger partial charge in [0, 0.05) is 31.6 Å². The Hall–Kier alpha value is -2.55. The topological polar surface area (TPSA) is 69.7 Å². The third-order valence-corrected chi connectivity index (χ3v) is 6.49. The van der Waals surface area contributed by atoms with Crippen LogP contribution in [0.4, 0.5) is 10.1 Å². The summed E-state index contributed by atoms with van der Waals surface area (Å²) >= 11 is 0. The molecule has 0 spiro atoms. The van der Waals surface area contributed by atoms with Crippen molar-refractivity contribution in [2.75, 3.05) is 31.5 Å². The lowest BCUT2D eigenvalue weighted by Crippen LogP contribution is -2.53. The van der Waals surface area contributed by atoms with Gasteiger partial charge in [0.05, 0.1) is 11.7 Å². The number of benzene rings is 2. The Morgan fingerprint density at radius 2 is 1.66 bits per heavy atom. The maximum atomic E-state index is 13.7. The molecular weight excluding hydrogens is 393 g/mol. The number of hydrogen-bond acceptors (Lipinski definition) is 4. The highest BCUT2D eigenvalue weighted by molar-refractivity contribution is 7.92. The SMILES string of the molecule is C[C@H](C(=O)Nc1ccccc1F)N1CCN(S(=O)(=O)/C=C/c2ccccc2)CC1. The smallest absolute Gasteiger partial charge is 0.241 e. The molecule has 1 aliphatic rings. The molecule has 1 atom stereocenters. The molecule has 0 aliphatic carbocycles. The summed E-state index contributed by atoms with van der Waals surface area (Å²) in [7, 11) is -3.53. The molecule has 0 aromatic heterocycles. The van der Waals surface area contributed by atoms with E-state index in [2.05, 4.69) is 5.32 Å². The van der Waals surface area contributed by atoms with Gasteiger partial charge >= 0.3 is 0 Å². The van der Waals surface area contributed by atoms with Crippen LogP contribution in [0.15, 0.2) is 60.0 Å². The summed E-state index contributed by atoms with van der Waals surface area (Å²) in [5.74, 6) is -0.815. The fourth-order valence-corrected chi connectivity index (χ4v) is 4.30. The molecule has 8 heteroatoms. The van der Waals surface area contributed by atoms with Crippen LogP contribution in [-0.4, -0.2) is 55.8 Å². The average molecular weight is 418 g/mol. The Labute approximate surface area is 170 Å². The van der Waals surface area contributed by atoms with Crippen molar-refractivity contribution < 1.29 is 17.6 Å². The van der Waals surface area contributed by atoms with Gasteiger partial charge in [-0.3, -0.25) is 9.69 Å². The van der Waals surface area contributed by atoms with Crippen molar-refractivity contribution >= 4 is 27.7 Å². The number of sulfonamides is 1. The zero-order valence-electron chi connectivity index (χ0n) is 16.2. The Balaban J connectivity index is 1.56. The van der Waals surface area contributed by atoms with Gasteiger partial charge in [-0.15, -0.1) is 0 Å². The molecule has 1 amide bonds. The minimum atomic E-state index is -3.53. The zero-order chi connectivity index (χ0) is 20.9. The van der Waals surface area contributed by atoms with Crippen LogP contribution in [0.5, 0.6) is 0 Å². The minimum absolute atomic E-state index is 0.136. The Morgan fingerprint density at radius 3 is 2.31 bits per heavy atom. The highest BCUT2D eigenvalue weighted by Gasteiger charge is 2.30. The Kier molecular flexibility index (Phi) is 6.79. The van der Waals surface area contributed by atoms with Crippen LogP contribution in [0.2, 0.25) is 0 Å². The van der Waals surface area contributed by atoms with E-state index < -0.39 is 21.9 Å². The van der Waals surface area contributed by atoms with Gasteiger partial charge in [0.2, 0.25) is 15.9 Å². The molecule has 1 aliphatic heterocycles. The zero-order valence-corrected chi connectivity index (χ0v) is 17.0. The molecule has 0 radical (unpaired) electrons. The van der Waals surface area contributed by atoms with Crippen molar-refractivity contribution in [3.8, 4) is 0 Å². The largest absolute Gasteiger partial charge is 0.322 e. The number of para-hydroxylation sites is 1. The third-order valence-electron chi connectivity index (χ3n) is 4.92. The van der Waals surface area contributed by atoms with Crippen molar-refractivity contribution in [2.24, 2.45) is 0 Å². The molecule has 1 N–H and O–H groups in total. The van der Waals surface area contributed by atoms with Crippen molar-refractivity contribution in [3.63, 3.8) is 0 Å². The van der Waals surface area contributed by atoms with E-state index >= 15 is 0 Å². The number of amides is 1. The lowest BCUT2D eigenvalue weighted by molar-refractivity contribution is -0.121. The van der Waals surface area contributed by atoms with Crippen molar-refractivity contribution in [1.82, 2.24) is 9.21 Å². The molecule has 1 heterocycles. The van der Waals surface area contributed by atoms with E-state index in [9.17, 15) is 17.6 Å². The van der Waals surface area contributed by atoms with E-state index in [-0.39, 0.29) is 11.6 Å². The van der Waals surface area contributed by atoms with Gasteiger partial charge in [-0.1, -0.05) is 42.5 Å². The van der Waals surface area contributed by atoms with E-state index in [0.29, 0.717) is 26.2 Å². The van der Waals surface area contributed by atoms with Gasteiger partial charge in [-0.05, 0) is 30.7 Å². The van der Waals surface area contributed by atoms with Crippen LogP contribution in [0, 0.1) is 5.82 Å². The van der Waals surface area contributed by atoms with E-state index in [1.165, 1.54) is 21.8 Å². The predicted molar refractivity (Wildman–Crippen MR) is 112 cm³/mol. The molecule has 1 fully saturated rings. The van der Waals surface area contributed by atoms with Gasteiger partial charge in [0.15, 0.2) is 0 Å². The normalized spacial score (nSPS) is 17.3. The summed E-state index contributed by atoms with van der Waals surface area (Å²) in [6.45, 7) is 3.15. The van der Waals surface area contributed by atoms with Crippen LogP contribution in [0.25, 0.3) is 6.08 Å². The molecule has 0 bridgehead atoms. The molecule has 0 unspecified atom stereocenters. The number of anilines is 1. The molecule has 2 aromatic rings. The molecule has 0 saturated carbocycles. The van der Waals surface area contributed by atoms with Crippen molar-refractivity contribution in [2.45, 2.75) is 13.0 Å². The first-order chi connectivity index (χ1) is 13.9. The lowest BCUT2D eigenvalue weighted by atomic mass is 10.2. The van der Waals surface area contributed by atoms with Gasteiger partial charge < -0.3 is 5.32 Å². The number of nitrogens with one attached hydrogen (secondary N) is 1. The summed E-state index contributed by atoms with van der Waals surface area (Å²) in [6.07, 6.45) is 1.58. The van der Waals surface area contributed by atoms with Crippen LogP contribution in [0.1, 0.15) is 12.5 Å². The molecule has 2 aromatic carbocycles.